The van der Waals surface area contributed by atoms with Gasteiger partial charge in [0.25, 0.3) is 0 Å². The molecule has 1 heteroatoms. The first-order valence-corrected chi connectivity index (χ1v) is 18.5. The van der Waals surface area contributed by atoms with Gasteiger partial charge in [-0.3, -0.25) is 0 Å². The average Bonchev–Trinajstić information content (AvgIpc) is 3.41. The van der Waals surface area contributed by atoms with Gasteiger partial charge in [-0.25, -0.2) is 0 Å². The molecule has 10 rings (SSSR count). The molecule has 0 fully saturated rings. The first kappa shape index (κ1) is 30.9. The molecule has 250 valence electrons. The molecule has 0 N–H and O–H groups in total. The molecule has 0 saturated heterocycles. The van der Waals surface area contributed by atoms with Crippen molar-refractivity contribution in [2.45, 2.75) is 38.5 Å². The lowest BCUT2D eigenvalue weighted by Gasteiger charge is -2.40. The summed E-state index contributed by atoms with van der Waals surface area (Å²) in [5.41, 5.74) is 18.2. The van der Waals surface area contributed by atoms with Crippen LogP contribution in [-0.2, 0) is 10.8 Å². The van der Waals surface area contributed by atoms with E-state index in [2.05, 4.69) is 197 Å². The molecule has 52 heavy (non-hydrogen) atoms. The summed E-state index contributed by atoms with van der Waals surface area (Å²) < 4.78 is 0. The molecule has 2 aliphatic rings. The quantitative estimate of drug-likeness (QED) is 0.170. The van der Waals surface area contributed by atoms with E-state index in [1.165, 1.54) is 99.7 Å². The van der Waals surface area contributed by atoms with E-state index in [1.807, 2.05) is 0 Å². The van der Waals surface area contributed by atoms with E-state index < -0.39 is 0 Å². The molecular weight excluding hydrogens is 627 g/mol. The molecule has 1 aliphatic carbocycles. The Morgan fingerprint density at radius 3 is 1.63 bits per heavy atom. The highest BCUT2D eigenvalue weighted by atomic mass is 15.1. The van der Waals surface area contributed by atoms with Gasteiger partial charge in [0.2, 0.25) is 0 Å². The Morgan fingerprint density at radius 2 is 0.865 bits per heavy atom. The molecule has 0 aromatic heterocycles. The topological polar surface area (TPSA) is 3.24 Å². The molecule has 0 unspecified atom stereocenters. The number of anilines is 2. The van der Waals surface area contributed by atoms with Crippen molar-refractivity contribution in [1.29, 1.82) is 0 Å². The summed E-state index contributed by atoms with van der Waals surface area (Å²) in [6.07, 6.45) is 0. The number of hydrogen-bond acceptors (Lipinski definition) is 1. The summed E-state index contributed by atoms with van der Waals surface area (Å²) >= 11 is 0. The third-order valence-electron chi connectivity index (χ3n) is 12.3. The lowest BCUT2D eigenvalue weighted by atomic mass is 9.73. The Bertz CT molecular complexity index is 2750. The van der Waals surface area contributed by atoms with Gasteiger partial charge in [0.1, 0.15) is 0 Å². The Balaban J connectivity index is 1.27. The Kier molecular flexibility index (Phi) is 6.55. The van der Waals surface area contributed by atoms with Crippen molar-refractivity contribution < 1.29 is 0 Å². The average molecular weight is 668 g/mol. The van der Waals surface area contributed by atoms with Crippen molar-refractivity contribution in [1.82, 2.24) is 0 Å². The molecule has 0 saturated carbocycles. The smallest absolute Gasteiger partial charge is 0.0455 e. The molecular formula is C51H41N. The number of nitrogens with zero attached hydrogens (tertiary/aromatic N) is 1. The van der Waals surface area contributed by atoms with Crippen LogP contribution in [0.3, 0.4) is 0 Å². The van der Waals surface area contributed by atoms with Crippen molar-refractivity contribution in [3.05, 3.63) is 180 Å². The monoisotopic (exact) mass is 667 g/mol. The van der Waals surface area contributed by atoms with Gasteiger partial charge in [0.05, 0.1) is 0 Å². The van der Waals surface area contributed by atoms with Crippen LogP contribution < -0.4 is 4.90 Å². The van der Waals surface area contributed by atoms with Crippen LogP contribution in [0.4, 0.5) is 11.4 Å². The lowest BCUT2D eigenvalue weighted by molar-refractivity contribution is 0.629. The standard InChI is InChI=1S/C51H41N/c1-50(2)42-20-12-11-17-36(42)40-30-34(24-27-43(40)50)49-38-19-10-9-18-37(38)48(39-26-23-33(29-41(39)49)32-15-7-6-8-16-32)35-25-28-45-47(31-35)52(5)46-22-14-13-21-44(46)51(45,3)4/h6-31H,1-5H3. The first-order chi connectivity index (χ1) is 25.2. The number of para-hydroxylation sites is 1. The number of rotatable bonds is 3. The highest BCUT2D eigenvalue weighted by molar-refractivity contribution is 6.22. The predicted octanol–water partition coefficient (Wildman–Crippen LogP) is 13.7. The summed E-state index contributed by atoms with van der Waals surface area (Å²) in [4.78, 5) is 2.38. The van der Waals surface area contributed by atoms with Gasteiger partial charge in [0.15, 0.2) is 0 Å². The van der Waals surface area contributed by atoms with E-state index in [0.717, 1.165) is 0 Å². The zero-order valence-corrected chi connectivity index (χ0v) is 30.5. The van der Waals surface area contributed by atoms with Crippen LogP contribution in [0.25, 0.3) is 66.1 Å². The van der Waals surface area contributed by atoms with Gasteiger partial charge in [-0.05, 0) is 113 Å². The van der Waals surface area contributed by atoms with Gasteiger partial charge in [-0.15, -0.1) is 0 Å². The summed E-state index contributed by atoms with van der Waals surface area (Å²) in [5.74, 6) is 0. The summed E-state index contributed by atoms with van der Waals surface area (Å²) in [6, 6.07) is 59.2. The number of fused-ring (bicyclic) bond motifs is 7. The molecule has 0 radical (unpaired) electrons. The summed E-state index contributed by atoms with van der Waals surface area (Å²) in [5, 5.41) is 5.10. The van der Waals surface area contributed by atoms with Crippen LogP contribution in [-0.4, -0.2) is 7.05 Å². The maximum absolute atomic E-state index is 2.46. The second-order valence-electron chi connectivity index (χ2n) is 15.8. The second kappa shape index (κ2) is 11.0. The Morgan fingerprint density at radius 1 is 0.346 bits per heavy atom. The molecule has 1 aliphatic heterocycles. The van der Waals surface area contributed by atoms with Crippen molar-refractivity contribution >= 4 is 32.9 Å². The Hall–Kier alpha value is -5.92. The highest BCUT2D eigenvalue weighted by Crippen LogP contribution is 2.53. The van der Waals surface area contributed by atoms with Crippen molar-refractivity contribution in [3.63, 3.8) is 0 Å². The number of benzene rings is 8. The molecule has 1 heterocycles. The third-order valence-corrected chi connectivity index (χ3v) is 12.3. The van der Waals surface area contributed by atoms with Crippen molar-refractivity contribution in [2.24, 2.45) is 0 Å². The minimum atomic E-state index is -0.101. The normalized spacial score (nSPS) is 14.9. The van der Waals surface area contributed by atoms with E-state index in [4.69, 9.17) is 0 Å². The van der Waals surface area contributed by atoms with E-state index in [1.54, 1.807) is 0 Å². The Labute approximate surface area is 306 Å². The van der Waals surface area contributed by atoms with Gasteiger partial charge in [0, 0.05) is 29.3 Å². The number of hydrogen-bond donors (Lipinski definition) is 0. The highest BCUT2D eigenvalue weighted by Gasteiger charge is 2.36. The van der Waals surface area contributed by atoms with Gasteiger partial charge < -0.3 is 4.90 Å². The molecule has 0 atom stereocenters. The molecule has 0 bridgehead atoms. The maximum Gasteiger partial charge on any atom is 0.0455 e. The third kappa shape index (κ3) is 4.29. The second-order valence-corrected chi connectivity index (χ2v) is 15.8. The zero-order valence-electron chi connectivity index (χ0n) is 30.5. The minimum Gasteiger partial charge on any atom is -0.344 e. The minimum absolute atomic E-state index is 0.0341. The van der Waals surface area contributed by atoms with E-state index in [-0.39, 0.29) is 10.8 Å². The van der Waals surface area contributed by atoms with E-state index in [0.29, 0.717) is 0 Å². The van der Waals surface area contributed by atoms with Gasteiger partial charge >= 0.3 is 0 Å². The molecule has 8 aromatic carbocycles. The van der Waals surface area contributed by atoms with Crippen molar-refractivity contribution in [3.8, 4) is 44.5 Å². The zero-order chi connectivity index (χ0) is 35.4. The fraction of sp³-hybridized carbons (Fsp3) is 0.137. The lowest BCUT2D eigenvalue weighted by Crippen LogP contribution is -2.30. The maximum atomic E-state index is 2.46. The van der Waals surface area contributed by atoms with Crippen LogP contribution in [0.15, 0.2) is 158 Å². The predicted molar refractivity (Wildman–Crippen MR) is 222 cm³/mol. The molecule has 1 nitrogen and oxygen atoms in total. The molecule has 0 amide bonds. The largest absolute Gasteiger partial charge is 0.344 e. The van der Waals surface area contributed by atoms with Gasteiger partial charge in [-0.2, -0.15) is 0 Å². The van der Waals surface area contributed by atoms with E-state index >= 15 is 0 Å². The van der Waals surface area contributed by atoms with Crippen LogP contribution >= 0.6 is 0 Å². The summed E-state index contributed by atoms with van der Waals surface area (Å²) in [7, 11) is 2.22. The van der Waals surface area contributed by atoms with Crippen LogP contribution in [0, 0.1) is 0 Å². The van der Waals surface area contributed by atoms with Crippen LogP contribution in [0.2, 0.25) is 0 Å². The first-order valence-electron chi connectivity index (χ1n) is 18.5. The van der Waals surface area contributed by atoms with Crippen LogP contribution in [0.5, 0.6) is 0 Å². The van der Waals surface area contributed by atoms with Crippen molar-refractivity contribution in [2.75, 3.05) is 11.9 Å². The van der Waals surface area contributed by atoms with Gasteiger partial charge in [-0.1, -0.05) is 161 Å². The van der Waals surface area contributed by atoms with E-state index in [9.17, 15) is 0 Å². The fourth-order valence-corrected chi connectivity index (χ4v) is 9.55. The van der Waals surface area contributed by atoms with Crippen LogP contribution in [0.1, 0.15) is 49.9 Å². The SMILES string of the molecule is CN1c2ccccc2C(C)(C)c2ccc(-c3c4ccccc4c(-c4ccc5c(c4)-c4ccccc4C5(C)C)c4cc(-c5ccccc5)ccc34)cc21. The summed E-state index contributed by atoms with van der Waals surface area (Å²) in [6.45, 7) is 9.44. The molecule has 8 aromatic rings. The fourth-order valence-electron chi connectivity index (χ4n) is 9.55. The molecule has 0 spiro atoms.